The summed E-state index contributed by atoms with van der Waals surface area (Å²) in [6, 6.07) is 23.9. The van der Waals surface area contributed by atoms with Crippen molar-refractivity contribution in [3.05, 3.63) is 108 Å². The molecule has 5 aromatic rings. The van der Waals surface area contributed by atoms with E-state index >= 15 is 0 Å². The Morgan fingerprint density at radius 2 is 1.54 bits per heavy atom. The van der Waals surface area contributed by atoms with Crippen LogP contribution in [-0.2, 0) is 0 Å². The molecular weight excluding hydrogens is 489 g/mol. The Balaban J connectivity index is 1.39. The van der Waals surface area contributed by atoms with Crippen LogP contribution in [0.15, 0.2) is 91.4 Å². The molecule has 1 saturated heterocycles. The molecule has 1 aliphatic rings. The first kappa shape index (κ1) is 23.2. The van der Waals surface area contributed by atoms with Crippen LogP contribution in [0.25, 0.3) is 27.8 Å². The normalized spacial score (nSPS) is 13.8. The van der Waals surface area contributed by atoms with E-state index in [0.717, 1.165) is 33.7 Å². The van der Waals surface area contributed by atoms with Crippen molar-refractivity contribution in [2.45, 2.75) is 0 Å². The monoisotopic (exact) mass is 511 g/mol. The fourth-order valence-electron chi connectivity index (χ4n) is 4.88. The molecule has 6 nitrogen and oxygen atoms in total. The van der Waals surface area contributed by atoms with Crippen molar-refractivity contribution in [3.63, 3.8) is 0 Å². The minimum atomic E-state index is -0.499. The van der Waals surface area contributed by atoms with Gasteiger partial charge in [0.15, 0.2) is 5.65 Å². The summed E-state index contributed by atoms with van der Waals surface area (Å²) in [5.41, 5.74) is 3.73. The Morgan fingerprint density at radius 1 is 0.838 bits per heavy atom. The lowest BCUT2D eigenvalue weighted by Gasteiger charge is -2.35. The first-order valence-corrected chi connectivity index (χ1v) is 12.4. The maximum atomic E-state index is 14.2. The smallest absolute Gasteiger partial charge is 0.256 e. The molecule has 6 rings (SSSR count). The molecule has 0 N–H and O–H groups in total. The summed E-state index contributed by atoms with van der Waals surface area (Å²) in [5.74, 6) is 0.00827. The Bertz CT molecular complexity index is 1600. The number of amides is 1. The van der Waals surface area contributed by atoms with E-state index in [4.69, 9.17) is 16.6 Å². The third kappa shape index (κ3) is 4.21. The summed E-state index contributed by atoms with van der Waals surface area (Å²) >= 11 is 6.57. The summed E-state index contributed by atoms with van der Waals surface area (Å²) in [6.45, 7) is 2.06. The largest absolute Gasteiger partial charge is 0.352 e. The average Bonchev–Trinajstić information content (AvgIpc) is 3.34. The van der Waals surface area contributed by atoms with Gasteiger partial charge in [-0.15, -0.1) is 0 Å². The van der Waals surface area contributed by atoms with Gasteiger partial charge in [0.1, 0.15) is 18.0 Å². The van der Waals surface area contributed by atoms with Gasteiger partial charge in [0.2, 0.25) is 0 Å². The number of anilines is 1. The second-order valence-electron chi connectivity index (χ2n) is 8.89. The summed E-state index contributed by atoms with van der Waals surface area (Å²) in [7, 11) is 0. The second-order valence-corrected chi connectivity index (χ2v) is 9.29. The number of rotatable bonds is 4. The predicted molar refractivity (Wildman–Crippen MR) is 144 cm³/mol. The number of halogens is 2. The zero-order valence-electron chi connectivity index (χ0n) is 19.9. The molecule has 8 heteroatoms. The fourth-order valence-corrected chi connectivity index (χ4v) is 5.11. The third-order valence-corrected chi connectivity index (χ3v) is 7.05. The lowest BCUT2D eigenvalue weighted by atomic mass is 10.1. The molecular formula is C29H23ClFN5O. The molecule has 2 aromatic heterocycles. The fraction of sp³-hybridized carbons (Fsp3) is 0.138. The third-order valence-electron chi connectivity index (χ3n) is 6.73. The van der Waals surface area contributed by atoms with E-state index in [9.17, 15) is 9.18 Å². The lowest BCUT2D eigenvalue weighted by molar-refractivity contribution is 0.0742. The van der Waals surface area contributed by atoms with E-state index in [0.29, 0.717) is 31.2 Å². The van der Waals surface area contributed by atoms with Crippen LogP contribution in [0.3, 0.4) is 0 Å². The van der Waals surface area contributed by atoms with E-state index in [1.165, 1.54) is 12.1 Å². The number of hydrogen-bond acceptors (Lipinski definition) is 4. The van der Waals surface area contributed by atoms with Crippen molar-refractivity contribution in [1.29, 1.82) is 0 Å². The highest BCUT2D eigenvalue weighted by Gasteiger charge is 2.27. The van der Waals surface area contributed by atoms with Gasteiger partial charge in [-0.3, -0.25) is 9.36 Å². The van der Waals surface area contributed by atoms with Crippen molar-refractivity contribution < 1.29 is 9.18 Å². The summed E-state index contributed by atoms with van der Waals surface area (Å²) in [4.78, 5) is 26.1. The van der Waals surface area contributed by atoms with Gasteiger partial charge in [-0.05, 0) is 29.8 Å². The molecule has 37 heavy (non-hydrogen) atoms. The molecule has 0 bridgehead atoms. The number of fused-ring (bicyclic) bond motifs is 1. The Kier molecular flexibility index (Phi) is 6.06. The number of carbonyl (C=O) groups is 1. The van der Waals surface area contributed by atoms with Crippen LogP contribution < -0.4 is 4.90 Å². The number of hydrogen-bond donors (Lipinski definition) is 0. The molecule has 1 amide bonds. The summed E-state index contributed by atoms with van der Waals surface area (Å²) in [6.07, 6.45) is 3.62. The molecule has 0 unspecified atom stereocenters. The highest BCUT2D eigenvalue weighted by molar-refractivity contribution is 6.32. The highest BCUT2D eigenvalue weighted by atomic mass is 35.5. The molecule has 0 spiro atoms. The molecule has 0 aliphatic carbocycles. The summed E-state index contributed by atoms with van der Waals surface area (Å²) in [5, 5.41) is 1.54. The van der Waals surface area contributed by atoms with Crippen molar-refractivity contribution >= 4 is 34.4 Å². The SMILES string of the molecule is O=C(c1ccccc1F)N1CCN(c2ncnc3c2c(-c2ccccc2)cn3-c2ccccc2Cl)CC1. The minimum Gasteiger partial charge on any atom is -0.352 e. The first-order chi connectivity index (χ1) is 18.1. The number of para-hydroxylation sites is 1. The highest BCUT2D eigenvalue weighted by Crippen LogP contribution is 2.38. The van der Waals surface area contributed by atoms with Crippen LogP contribution in [0.1, 0.15) is 10.4 Å². The van der Waals surface area contributed by atoms with Crippen LogP contribution in [0, 0.1) is 5.82 Å². The van der Waals surface area contributed by atoms with E-state index in [1.54, 1.807) is 23.4 Å². The maximum Gasteiger partial charge on any atom is 0.256 e. The van der Waals surface area contributed by atoms with Crippen LogP contribution in [0.5, 0.6) is 0 Å². The molecule has 0 radical (unpaired) electrons. The quantitative estimate of drug-likeness (QED) is 0.304. The predicted octanol–water partition coefficient (Wildman–Crippen LogP) is 5.84. The number of benzene rings is 3. The van der Waals surface area contributed by atoms with Gasteiger partial charge >= 0.3 is 0 Å². The van der Waals surface area contributed by atoms with E-state index < -0.39 is 5.82 Å². The lowest BCUT2D eigenvalue weighted by Crippen LogP contribution is -2.49. The summed E-state index contributed by atoms with van der Waals surface area (Å²) < 4.78 is 16.2. The molecule has 184 valence electrons. The zero-order valence-corrected chi connectivity index (χ0v) is 20.6. The molecule has 3 aromatic carbocycles. The van der Waals surface area contributed by atoms with Crippen molar-refractivity contribution in [2.24, 2.45) is 0 Å². The maximum absolute atomic E-state index is 14.2. The van der Waals surface area contributed by atoms with Crippen molar-refractivity contribution in [3.8, 4) is 16.8 Å². The first-order valence-electron chi connectivity index (χ1n) is 12.1. The van der Waals surface area contributed by atoms with Gasteiger partial charge in [0.25, 0.3) is 5.91 Å². The van der Waals surface area contributed by atoms with Gasteiger partial charge in [-0.25, -0.2) is 14.4 Å². The Labute approximate surface area is 218 Å². The molecule has 3 heterocycles. The van der Waals surface area contributed by atoms with Crippen LogP contribution >= 0.6 is 11.6 Å². The van der Waals surface area contributed by atoms with Gasteiger partial charge in [-0.2, -0.15) is 0 Å². The molecule has 1 fully saturated rings. The van der Waals surface area contributed by atoms with Gasteiger partial charge in [0, 0.05) is 37.9 Å². The standard InChI is InChI=1S/C29H23ClFN5O/c30-23-11-5-7-13-25(23)36-18-22(20-8-2-1-3-9-20)26-27(32-19-33-28(26)36)34-14-16-35(17-15-34)29(37)21-10-4-6-12-24(21)31/h1-13,18-19H,14-17H2. The second kappa shape index (κ2) is 9.67. The van der Waals surface area contributed by atoms with Crippen LogP contribution in [0.4, 0.5) is 10.2 Å². The Morgan fingerprint density at radius 3 is 2.30 bits per heavy atom. The van der Waals surface area contributed by atoms with Crippen molar-refractivity contribution in [2.75, 3.05) is 31.1 Å². The number of aromatic nitrogens is 3. The van der Waals surface area contributed by atoms with Gasteiger partial charge in [-0.1, -0.05) is 66.2 Å². The number of piperazine rings is 1. The van der Waals surface area contributed by atoms with E-state index in [1.807, 2.05) is 47.0 Å². The van der Waals surface area contributed by atoms with E-state index in [2.05, 4.69) is 28.2 Å². The topological polar surface area (TPSA) is 54.3 Å². The zero-order chi connectivity index (χ0) is 25.4. The molecule has 1 aliphatic heterocycles. The number of nitrogens with zero attached hydrogens (tertiary/aromatic N) is 5. The van der Waals surface area contributed by atoms with Crippen LogP contribution in [0.2, 0.25) is 5.02 Å². The molecule has 0 saturated carbocycles. The van der Waals surface area contributed by atoms with E-state index in [-0.39, 0.29) is 11.5 Å². The van der Waals surface area contributed by atoms with Gasteiger partial charge < -0.3 is 9.80 Å². The number of carbonyl (C=O) groups excluding carboxylic acids is 1. The Hall–Kier alpha value is -4.23. The van der Waals surface area contributed by atoms with Crippen molar-refractivity contribution in [1.82, 2.24) is 19.4 Å². The molecule has 0 atom stereocenters. The minimum absolute atomic E-state index is 0.101. The van der Waals surface area contributed by atoms with Gasteiger partial charge in [0.05, 0.1) is 21.7 Å². The average molecular weight is 512 g/mol. The van der Waals surface area contributed by atoms with Crippen LogP contribution in [-0.4, -0.2) is 51.5 Å².